The minimum Gasteiger partial charge on any atom is -0.0654 e. The Labute approximate surface area is 219 Å². The van der Waals surface area contributed by atoms with Crippen LogP contribution in [-0.2, 0) is 0 Å². The maximum Gasteiger partial charge on any atom is -0.0443 e. The van der Waals surface area contributed by atoms with Crippen molar-refractivity contribution in [3.8, 4) is 0 Å². The Hall–Kier alpha value is 0. The fourth-order valence-electron chi connectivity index (χ4n) is 5.34. The highest BCUT2D eigenvalue weighted by molar-refractivity contribution is 4.55. The number of rotatable bonds is 30. The van der Waals surface area contributed by atoms with Gasteiger partial charge in [0.05, 0.1) is 0 Å². The van der Waals surface area contributed by atoms with Gasteiger partial charge in [-0.25, -0.2) is 0 Å². The van der Waals surface area contributed by atoms with Gasteiger partial charge in [-0.1, -0.05) is 213 Å². The summed E-state index contributed by atoms with van der Waals surface area (Å²) in [7, 11) is 0. The molecule has 34 heavy (non-hydrogen) atoms. The molecular weight excluding hydrogens is 408 g/mol. The lowest BCUT2D eigenvalue weighted by Gasteiger charge is -2.05. The molecule has 0 nitrogen and oxygen atoms in total. The van der Waals surface area contributed by atoms with Crippen LogP contribution in [0.5, 0.6) is 0 Å². The van der Waals surface area contributed by atoms with E-state index in [-0.39, 0.29) is 0 Å². The zero-order valence-electron chi connectivity index (χ0n) is 24.5. The van der Waals surface area contributed by atoms with E-state index in [2.05, 4.69) is 20.8 Å². The lowest BCUT2D eigenvalue weighted by Crippen LogP contribution is -1.87. The van der Waals surface area contributed by atoms with Crippen LogP contribution in [0.4, 0.5) is 0 Å². The summed E-state index contributed by atoms with van der Waals surface area (Å²) in [5.74, 6) is 0.647. The van der Waals surface area contributed by atoms with Gasteiger partial charge in [-0.3, -0.25) is 0 Å². The Bertz CT molecular complexity index is 331. The van der Waals surface area contributed by atoms with Crippen molar-refractivity contribution in [3.63, 3.8) is 0 Å². The van der Waals surface area contributed by atoms with Crippen LogP contribution >= 0.6 is 0 Å². The molecule has 0 fully saturated rings. The molecule has 0 spiro atoms. The highest BCUT2D eigenvalue weighted by Gasteiger charge is 1.97. The molecule has 0 saturated heterocycles. The van der Waals surface area contributed by atoms with Gasteiger partial charge in [-0.05, 0) is 5.92 Å². The van der Waals surface area contributed by atoms with Gasteiger partial charge in [-0.2, -0.15) is 0 Å². The molecule has 0 heteroatoms. The van der Waals surface area contributed by atoms with Crippen LogP contribution < -0.4 is 0 Å². The van der Waals surface area contributed by atoms with E-state index in [1.807, 2.05) is 0 Å². The zero-order valence-corrected chi connectivity index (χ0v) is 24.5. The Morgan fingerprint density at radius 2 is 0.500 bits per heavy atom. The van der Waals surface area contributed by atoms with Crippen LogP contribution in [0.2, 0.25) is 0 Å². The zero-order chi connectivity index (χ0) is 24.8. The fourth-order valence-corrected chi connectivity index (χ4v) is 5.34. The van der Waals surface area contributed by atoms with E-state index in [0.29, 0.717) is 5.92 Å². The van der Waals surface area contributed by atoms with Crippen molar-refractivity contribution in [1.29, 1.82) is 0 Å². The predicted molar refractivity (Wildman–Crippen MR) is 159 cm³/mol. The first-order valence-electron chi connectivity index (χ1n) is 16.6. The van der Waals surface area contributed by atoms with E-state index in [0.717, 1.165) is 0 Å². The van der Waals surface area contributed by atoms with Gasteiger partial charge in [0.15, 0.2) is 0 Å². The maximum atomic E-state index is 4.07. The van der Waals surface area contributed by atoms with Crippen LogP contribution in [0.3, 0.4) is 0 Å². The van der Waals surface area contributed by atoms with E-state index in [1.165, 1.54) is 193 Å². The second-order valence-electron chi connectivity index (χ2n) is 11.8. The Kier molecular flexibility index (Phi) is 31.0. The molecule has 0 amide bonds. The lowest BCUT2D eigenvalue weighted by atomic mass is 10.0. The third-order valence-corrected chi connectivity index (χ3v) is 7.80. The molecule has 0 N–H and O–H groups in total. The molecule has 1 atom stereocenters. The first-order valence-corrected chi connectivity index (χ1v) is 16.6. The van der Waals surface area contributed by atoms with E-state index >= 15 is 0 Å². The van der Waals surface area contributed by atoms with Gasteiger partial charge in [0, 0.05) is 0 Å². The second-order valence-corrected chi connectivity index (χ2v) is 11.8. The molecule has 0 aromatic heterocycles. The monoisotopic (exact) mass is 478 g/mol. The minimum atomic E-state index is 0.647. The van der Waals surface area contributed by atoms with Crippen molar-refractivity contribution >= 4 is 0 Å². The van der Waals surface area contributed by atoms with Gasteiger partial charge >= 0.3 is 0 Å². The van der Waals surface area contributed by atoms with Gasteiger partial charge in [0.2, 0.25) is 0 Å². The Balaban J connectivity index is 3.00. The van der Waals surface area contributed by atoms with E-state index in [1.54, 1.807) is 0 Å². The summed E-state index contributed by atoms with van der Waals surface area (Å²) in [5, 5.41) is 0. The standard InChI is InChI=1S/C34H69/c1-4-5-6-7-8-9-10-11-12-13-14-15-16-17-18-19-20-21-22-23-24-25-26-27-28-29-30-31-32-33-34(2)3/h34H,2,4-33H2,1,3H3. The van der Waals surface area contributed by atoms with Gasteiger partial charge in [-0.15, -0.1) is 0 Å². The van der Waals surface area contributed by atoms with Crippen LogP contribution in [0.25, 0.3) is 0 Å². The third-order valence-electron chi connectivity index (χ3n) is 7.80. The van der Waals surface area contributed by atoms with Crippen molar-refractivity contribution in [2.45, 2.75) is 206 Å². The Morgan fingerprint density at radius 1 is 0.324 bits per heavy atom. The molecular formula is C34H69. The predicted octanol–water partition coefficient (Wildman–Crippen LogP) is 13.2. The first kappa shape index (κ1) is 34.0. The third kappa shape index (κ3) is 32.0. The van der Waals surface area contributed by atoms with Crippen molar-refractivity contribution in [3.05, 3.63) is 6.92 Å². The minimum absolute atomic E-state index is 0.647. The molecule has 0 heterocycles. The largest absolute Gasteiger partial charge is 0.0654 e. The van der Waals surface area contributed by atoms with Gasteiger partial charge in [0.25, 0.3) is 0 Å². The number of unbranched alkanes of at least 4 members (excludes halogenated alkanes) is 28. The highest BCUT2D eigenvalue weighted by atomic mass is 14.0. The molecule has 0 aliphatic heterocycles. The lowest BCUT2D eigenvalue weighted by molar-refractivity contribution is 0.509. The maximum absolute atomic E-state index is 4.07. The summed E-state index contributed by atoms with van der Waals surface area (Å²) in [6, 6.07) is 0. The average Bonchev–Trinajstić information content (AvgIpc) is 2.83. The van der Waals surface area contributed by atoms with Crippen LogP contribution in [-0.4, -0.2) is 0 Å². The quantitative estimate of drug-likeness (QED) is 0.0902. The number of hydrogen-bond donors (Lipinski definition) is 0. The molecule has 0 bridgehead atoms. The molecule has 1 unspecified atom stereocenters. The van der Waals surface area contributed by atoms with Crippen LogP contribution in [0.15, 0.2) is 0 Å². The second kappa shape index (κ2) is 31.0. The molecule has 0 saturated carbocycles. The first-order chi connectivity index (χ1) is 16.8. The van der Waals surface area contributed by atoms with Gasteiger partial charge in [0.1, 0.15) is 0 Å². The van der Waals surface area contributed by atoms with Crippen molar-refractivity contribution in [2.75, 3.05) is 0 Å². The van der Waals surface area contributed by atoms with Crippen LogP contribution in [0, 0.1) is 12.8 Å². The molecule has 205 valence electrons. The van der Waals surface area contributed by atoms with E-state index in [4.69, 9.17) is 0 Å². The molecule has 1 radical (unpaired) electrons. The van der Waals surface area contributed by atoms with Crippen LogP contribution in [0.1, 0.15) is 206 Å². The summed E-state index contributed by atoms with van der Waals surface area (Å²) in [4.78, 5) is 0. The highest BCUT2D eigenvalue weighted by Crippen LogP contribution is 2.16. The summed E-state index contributed by atoms with van der Waals surface area (Å²) in [5.41, 5.74) is 0. The SMILES string of the molecule is [CH2]C(C)CCCCCCCCCCCCCCCCCCCCCCCCCCCCCCC. The summed E-state index contributed by atoms with van der Waals surface area (Å²) in [6.45, 7) is 8.62. The molecule has 0 aromatic carbocycles. The molecule has 0 aromatic rings. The van der Waals surface area contributed by atoms with Gasteiger partial charge < -0.3 is 0 Å². The molecule has 0 aliphatic carbocycles. The smallest absolute Gasteiger partial charge is 0.0443 e. The van der Waals surface area contributed by atoms with E-state index < -0.39 is 0 Å². The van der Waals surface area contributed by atoms with Crippen molar-refractivity contribution in [1.82, 2.24) is 0 Å². The molecule has 0 aliphatic rings. The topological polar surface area (TPSA) is 0 Å². The molecule has 0 rings (SSSR count). The summed E-state index contributed by atoms with van der Waals surface area (Å²) >= 11 is 0. The summed E-state index contributed by atoms with van der Waals surface area (Å²) < 4.78 is 0. The van der Waals surface area contributed by atoms with E-state index in [9.17, 15) is 0 Å². The average molecular weight is 478 g/mol. The summed E-state index contributed by atoms with van der Waals surface area (Å²) in [6.07, 6.45) is 44.1. The number of hydrogen-bond acceptors (Lipinski definition) is 0. The Morgan fingerprint density at radius 3 is 0.676 bits per heavy atom. The fraction of sp³-hybridized carbons (Fsp3) is 0.971. The normalized spacial score (nSPS) is 11.6. The van der Waals surface area contributed by atoms with Crippen molar-refractivity contribution in [2.24, 2.45) is 5.92 Å². The van der Waals surface area contributed by atoms with Crippen molar-refractivity contribution < 1.29 is 0 Å².